The Morgan fingerprint density at radius 2 is 1.88 bits per heavy atom. The number of amides is 2. The summed E-state index contributed by atoms with van der Waals surface area (Å²) in [6, 6.07) is 12.2. The number of ether oxygens (including phenoxy) is 1. The van der Waals surface area contributed by atoms with Crippen molar-refractivity contribution in [3.8, 4) is 5.75 Å². The standard InChI is InChI=1S/C19H17BrN2O4/c1-22-15-10-12(2-8-17(15)26-11-19(22)25)16(23)7-9-18(24)21-14-5-3-13(20)4-6-14/h2-6,8,10H,7,9,11H2,1H3,(H,21,24). The number of likely N-dealkylation sites (N-methyl/N-ethyl adjacent to an activating group) is 1. The van der Waals surface area contributed by atoms with Crippen molar-refractivity contribution in [1.82, 2.24) is 0 Å². The molecule has 134 valence electrons. The average Bonchev–Trinajstić information content (AvgIpc) is 2.64. The molecule has 3 rings (SSSR count). The Bertz CT molecular complexity index is 864. The van der Waals surface area contributed by atoms with Crippen molar-refractivity contribution in [2.24, 2.45) is 0 Å². The Kier molecular flexibility index (Phi) is 5.37. The molecule has 0 saturated heterocycles. The second kappa shape index (κ2) is 7.70. The summed E-state index contributed by atoms with van der Waals surface area (Å²) in [6.45, 7) is -0.00692. The third-order valence-corrected chi connectivity index (χ3v) is 4.60. The van der Waals surface area contributed by atoms with Gasteiger partial charge in [-0.25, -0.2) is 0 Å². The minimum Gasteiger partial charge on any atom is -0.482 e. The number of carbonyl (C=O) groups is 3. The van der Waals surface area contributed by atoms with Crippen LogP contribution in [0.2, 0.25) is 0 Å². The lowest BCUT2D eigenvalue weighted by Crippen LogP contribution is -2.35. The molecule has 1 heterocycles. The minimum absolute atomic E-state index is 0.00692. The summed E-state index contributed by atoms with van der Waals surface area (Å²) in [5.41, 5.74) is 1.69. The molecule has 0 bridgehead atoms. The number of benzene rings is 2. The molecule has 0 atom stereocenters. The number of hydrogen-bond acceptors (Lipinski definition) is 4. The molecule has 6 nitrogen and oxygen atoms in total. The molecule has 0 spiro atoms. The first-order valence-electron chi connectivity index (χ1n) is 8.06. The number of Topliss-reactive ketones (excluding diaryl/α,β-unsaturated/α-hetero) is 1. The largest absolute Gasteiger partial charge is 0.482 e. The third-order valence-electron chi connectivity index (χ3n) is 4.07. The Morgan fingerprint density at radius 3 is 2.62 bits per heavy atom. The number of rotatable bonds is 5. The Balaban J connectivity index is 1.60. The van der Waals surface area contributed by atoms with Crippen LogP contribution in [0.1, 0.15) is 23.2 Å². The van der Waals surface area contributed by atoms with Crippen LogP contribution in [0.5, 0.6) is 5.75 Å². The van der Waals surface area contributed by atoms with Crippen LogP contribution in [0.3, 0.4) is 0 Å². The van der Waals surface area contributed by atoms with Crippen LogP contribution in [-0.2, 0) is 9.59 Å². The monoisotopic (exact) mass is 416 g/mol. The molecule has 0 radical (unpaired) electrons. The van der Waals surface area contributed by atoms with Crippen molar-refractivity contribution in [2.75, 3.05) is 23.9 Å². The van der Waals surface area contributed by atoms with E-state index in [0.717, 1.165) is 4.47 Å². The van der Waals surface area contributed by atoms with Gasteiger partial charge in [-0.1, -0.05) is 15.9 Å². The molecular weight excluding hydrogens is 400 g/mol. The Labute approximate surface area is 159 Å². The van der Waals surface area contributed by atoms with Gasteiger partial charge in [0.25, 0.3) is 5.91 Å². The molecule has 1 aliphatic rings. The van der Waals surface area contributed by atoms with Crippen molar-refractivity contribution < 1.29 is 19.1 Å². The highest BCUT2D eigenvalue weighted by Crippen LogP contribution is 2.32. The normalized spacial score (nSPS) is 13.0. The molecule has 0 aromatic heterocycles. The molecule has 7 heteroatoms. The van der Waals surface area contributed by atoms with Crippen LogP contribution >= 0.6 is 15.9 Å². The lowest BCUT2D eigenvalue weighted by molar-refractivity contribution is -0.121. The maximum absolute atomic E-state index is 12.4. The molecule has 0 unspecified atom stereocenters. The first kappa shape index (κ1) is 18.1. The highest BCUT2D eigenvalue weighted by atomic mass is 79.9. The smallest absolute Gasteiger partial charge is 0.264 e. The highest BCUT2D eigenvalue weighted by Gasteiger charge is 2.23. The van der Waals surface area contributed by atoms with Gasteiger partial charge in [0.1, 0.15) is 5.75 Å². The lowest BCUT2D eigenvalue weighted by atomic mass is 10.0. The fourth-order valence-corrected chi connectivity index (χ4v) is 2.84. The van der Waals surface area contributed by atoms with E-state index in [9.17, 15) is 14.4 Å². The summed E-state index contributed by atoms with van der Waals surface area (Å²) >= 11 is 3.33. The number of anilines is 2. The zero-order valence-electron chi connectivity index (χ0n) is 14.1. The maximum Gasteiger partial charge on any atom is 0.264 e. The van der Waals surface area contributed by atoms with E-state index in [1.165, 1.54) is 4.90 Å². The van der Waals surface area contributed by atoms with Gasteiger partial charge in [0.2, 0.25) is 5.91 Å². The topological polar surface area (TPSA) is 75.7 Å². The summed E-state index contributed by atoms with van der Waals surface area (Å²) in [7, 11) is 1.64. The van der Waals surface area contributed by atoms with Gasteiger partial charge in [-0.05, 0) is 42.5 Å². The van der Waals surface area contributed by atoms with Crippen molar-refractivity contribution in [1.29, 1.82) is 0 Å². The van der Waals surface area contributed by atoms with Gasteiger partial charge in [0, 0.05) is 35.6 Å². The van der Waals surface area contributed by atoms with Crippen LogP contribution in [0, 0.1) is 0 Å². The first-order valence-corrected chi connectivity index (χ1v) is 8.85. The van der Waals surface area contributed by atoms with Gasteiger partial charge in [0.05, 0.1) is 5.69 Å². The maximum atomic E-state index is 12.4. The molecule has 2 amide bonds. The lowest BCUT2D eigenvalue weighted by Gasteiger charge is -2.26. The van der Waals surface area contributed by atoms with Gasteiger partial charge < -0.3 is 15.0 Å². The van der Waals surface area contributed by atoms with Gasteiger partial charge in [-0.2, -0.15) is 0 Å². The van der Waals surface area contributed by atoms with Crippen molar-refractivity contribution in [3.05, 3.63) is 52.5 Å². The van der Waals surface area contributed by atoms with Crippen molar-refractivity contribution in [2.45, 2.75) is 12.8 Å². The van der Waals surface area contributed by atoms with E-state index in [1.807, 2.05) is 12.1 Å². The second-order valence-electron chi connectivity index (χ2n) is 5.90. The number of nitrogens with zero attached hydrogens (tertiary/aromatic N) is 1. The number of ketones is 1. The van der Waals surface area contributed by atoms with Gasteiger partial charge >= 0.3 is 0 Å². The van der Waals surface area contributed by atoms with Crippen molar-refractivity contribution in [3.63, 3.8) is 0 Å². The molecule has 0 aliphatic carbocycles. The van der Waals surface area contributed by atoms with Crippen LogP contribution in [0.25, 0.3) is 0 Å². The summed E-state index contributed by atoms with van der Waals surface area (Å²) in [5.74, 6) is 0.00652. The number of fused-ring (bicyclic) bond motifs is 1. The number of carbonyl (C=O) groups excluding carboxylic acids is 3. The number of hydrogen-bond donors (Lipinski definition) is 1. The highest BCUT2D eigenvalue weighted by molar-refractivity contribution is 9.10. The van der Waals surface area contributed by atoms with Gasteiger partial charge in [-0.3, -0.25) is 14.4 Å². The Hall–Kier alpha value is -2.67. The van der Waals surface area contributed by atoms with E-state index in [4.69, 9.17) is 4.74 Å². The quantitative estimate of drug-likeness (QED) is 0.757. The van der Waals surface area contributed by atoms with Gasteiger partial charge in [-0.15, -0.1) is 0 Å². The van der Waals surface area contributed by atoms with Crippen LogP contribution < -0.4 is 15.0 Å². The molecular formula is C19H17BrN2O4. The summed E-state index contributed by atoms with van der Waals surface area (Å²) < 4.78 is 6.27. The van der Waals surface area contributed by atoms with E-state index in [-0.39, 0.29) is 37.0 Å². The zero-order chi connectivity index (χ0) is 18.7. The molecule has 0 fully saturated rings. The van der Waals surface area contributed by atoms with Crippen molar-refractivity contribution >= 4 is 44.9 Å². The summed E-state index contributed by atoms with van der Waals surface area (Å²) in [5, 5.41) is 2.75. The van der Waals surface area contributed by atoms with Gasteiger partial charge in [0.15, 0.2) is 12.4 Å². The van der Waals surface area contributed by atoms with E-state index >= 15 is 0 Å². The molecule has 2 aromatic rings. The second-order valence-corrected chi connectivity index (χ2v) is 6.82. The van der Waals surface area contributed by atoms with E-state index in [2.05, 4.69) is 21.2 Å². The summed E-state index contributed by atoms with van der Waals surface area (Å²) in [6.07, 6.45) is 0.164. The zero-order valence-corrected chi connectivity index (χ0v) is 15.7. The number of nitrogens with one attached hydrogen (secondary N) is 1. The average molecular weight is 417 g/mol. The number of halogens is 1. The molecule has 1 aliphatic heterocycles. The third kappa shape index (κ3) is 4.11. The first-order chi connectivity index (χ1) is 12.4. The van der Waals surface area contributed by atoms with Crippen LogP contribution in [-0.4, -0.2) is 31.3 Å². The van der Waals surface area contributed by atoms with E-state index in [0.29, 0.717) is 22.7 Å². The molecule has 1 N–H and O–H groups in total. The minimum atomic E-state index is -0.228. The Morgan fingerprint density at radius 1 is 1.15 bits per heavy atom. The van der Waals surface area contributed by atoms with Crippen LogP contribution in [0.4, 0.5) is 11.4 Å². The van der Waals surface area contributed by atoms with E-state index in [1.54, 1.807) is 37.4 Å². The molecule has 26 heavy (non-hydrogen) atoms. The fourth-order valence-electron chi connectivity index (χ4n) is 2.57. The predicted molar refractivity (Wildman–Crippen MR) is 102 cm³/mol. The van der Waals surface area contributed by atoms with E-state index < -0.39 is 0 Å². The SMILES string of the molecule is CN1C(=O)COc2ccc(C(=O)CCC(=O)Nc3ccc(Br)cc3)cc21. The summed E-state index contributed by atoms with van der Waals surface area (Å²) in [4.78, 5) is 37.6. The van der Waals surface area contributed by atoms with Crippen LogP contribution in [0.15, 0.2) is 46.9 Å². The fraction of sp³-hybridized carbons (Fsp3) is 0.211. The predicted octanol–water partition coefficient (Wildman–Crippen LogP) is 3.41. The molecule has 2 aromatic carbocycles. The molecule has 0 saturated carbocycles.